The highest BCUT2D eigenvalue weighted by atomic mass is 32.2. The van der Waals surface area contributed by atoms with E-state index in [4.69, 9.17) is 0 Å². The maximum absolute atomic E-state index is 11.4. The number of aromatic nitrogens is 3. The van der Waals surface area contributed by atoms with Crippen molar-refractivity contribution in [2.45, 2.75) is 5.16 Å². The van der Waals surface area contributed by atoms with Crippen LogP contribution in [0, 0.1) is 0 Å². The molecule has 1 heterocycles. The van der Waals surface area contributed by atoms with Crippen LogP contribution in [-0.2, 0) is 9.47 Å². The van der Waals surface area contributed by atoms with Crippen molar-refractivity contribution in [3.63, 3.8) is 0 Å². The van der Waals surface area contributed by atoms with Crippen molar-refractivity contribution >= 4 is 23.7 Å². The molecule has 8 heteroatoms. The molecule has 0 fully saturated rings. The van der Waals surface area contributed by atoms with E-state index < -0.39 is 11.9 Å². The third-order valence-electron chi connectivity index (χ3n) is 1.61. The van der Waals surface area contributed by atoms with E-state index in [-0.39, 0.29) is 16.5 Å². The molecule has 1 aromatic heterocycles. The van der Waals surface area contributed by atoms with Gasteiger partial charge in [-0.2, -0.15) is 0 Å². The molecule has 0 saturated carbocycles. The zero-order chi connectivity index (χ0) is 12.1. The molecule has 1 aromatic rings. The van der Waals surface area contributed by atoms with Gasteiger partial charge >= 0.3 is 11.9 Å². The summed E-state index contributed by atoms with van der Waals surface area (Å²) in [6.45, 7) is 0. The Hall–Kier alpha value is -1.70. The van der Waals surface area contributed by atoms with Crippen LogP contribution < -0.4 is 0 Å². The summed E-state index contributed by atoms with van der Waals surface area (Å²) in [5.41, 5.74) is -0.458. The lowest BCUT2D eigenvalue weighted by Gasteiger charge is -2.04. The first-order valence-corrected chi connectivity index (χ1v) is 5.31. The molecule has 0 aliphatic heterocycles. The van der Waals surface area contributed by atoms with E-state index in [0.717, 1.165) is 0 Å². The van der Waals surface area contributed by atoms with Crippen LogP contribution in [0.2, 0.25) is 0 Å². The number of esters is 2. The van der Waals surface area contributed by atoms with E-state index >= 15 is 0 Å². The number of hydrogen-bond donors (Lipinski definition) is 0. The lowest BCUT2D eigenvalue weighted by Crippen LogP contribution is -2.17. The predicted octanol–water partition coefficient (Wildman–Crippen LogP) is 0.167. The molecule has 0 aromatic carbocycles. The molecule has 0 bridgehead atoms. The number of thioether (sulfide) groups is 1. The highest BCUT2D eigenvalue weighted by Gasteiger charge is 2.23. The lowest BCUT2D eigenvalue weighted by molar-refractivity contribution is 0.0541. The van der Waals surface area contributed by atoms with Crippen molar-refractivity contribution in [2.75, 3.05) is 20.5 Å². The Morgan fingerprint density at radius 3 is 2.12 bits per heavy atom. The molecule has 0 aliphatic rings. The van der Waals surface area contributed by atoms with Gasteiger partial charge in [0, 0.05) is 0 Å². The van der Waals surface area contributed by atoms with Crippen LogP contribution in [0.5, 0.6) is 0 Å². The van der Waals surface area contributed by atoms with E-state index in [1.165, 1.54) is 26.0 Å². The Morgan fingerprint density at radius 2 is 1.62 bits per heavy atom. The maximum Gasteiger partial charge on any atom is 0.361 e. The van der Waals surface area contributed by atoms with E-state index in [9.17, 15) is 9.59 Å². The highest BCUT2D eigenvalue weighted by molar-refractivity contribution is 7.98. The Morgan fingerprint density at radius 1 is 1.06 bits per heavy atom. The van der Waals surface area contributed by atoms with Crippen LogP contribution in [0.1, 0.15) is 21.0 Å². The fraction of sp³-hybridized carbons (Fsp3) is 0.375. The van der Waals surface area contributed by atoms with Crippen LogP contribution in [0.15, 0.2) is 5.16 Å². The fourth-order valence-electron chi connectivity index (χ4n) is 0.871. The average molecular weight is 243 g/mol. The van der Waals surface area contributed by atoms with Crippen LogP contribution in [0.4, 0.5) is 0 Å². The number of carbonyl (C=O) groups excluding carboxylic acids is 2. The molecule has 0 spiro atoms. The van der Waals surface area contributed by atoms with Crippen molar-refractivity contribution in [3.05, 3.63) is 11.4 Å². The van der Waals surface area contributed by atoms with Crippen molar-refractivity contribution < 1.29 is 19.1 Å². The SMILES string of the molecule is COC(=O)c1nnc(SC)nc1C(=O)OC. The number of ether oxygens (including phenoxy) is 2. The van der Waals surface area contributed by atoms with Crippen molar-refractivity contribution in [2.24, 2.45) is 0 Å². The lowest BCUT2D eigenvalue weighted by atomic mass is 10.3. The maximum atomic E-state index is 11.4. The Balaban J connectivity index is 3.26. The third kappa shape index (κ3) is 2.45. The second kappa shape index (κ2) is 5.40. The number of methoxy groups -OCH3 is 2. The van der Waals surface area contributed by atoms with Gasteiger partial charge in [-0.05, 0) is 6.26 Å². The minimum absolute atomic E-state index is 0.200. The van der Waals surface area contributed by atoms with Gasteiger partial charge in [0.1, 0.15) is 0 Å². The molecule has 0 aliphatic carbocycles. The minimum atomic E-state index is -0.784. The monoisotopic (exact) mass is 243 g/mol. The largest absolute Gasteiger partial charge is 0.464 e. The van der Waals surface area contributed by atoms with Crippen LogP contribution >= 0.6 is 11.8 Å². The van der Waals surface area contributed by atoms with Crippen LogP contribution in [0.3, 0.4) is 0 Å². The number of nitrogens with zero attached hydrogens (tertiary/aromatic N) is 3. The van der Waals surface area contributed by atoms with Crippen LogP contribution in [-0.4, -0.2) is 47.6 Å². The summed E-state index contributed by atoms with van der Waals surface area (Å²) >= 11 is 1.19. The molecular formula is C8H9N3O4S. The van der Waals surface area contributed by atoms with Gasteiger partial charge in [0.15, 0.2) is 5.69 Å². The first kappa shape index (κ1) is 12.4. The van der Waals surface area contributed by atoms with E-state index in [1.807, 2.05) is 0 Å². The van der Waals surface area contributed by atoms with E-state index in [0.29, 0.717) is 0 Å². The number of carbonyl (C=O) groups is 2. The van der Waals surface area contributed by atoms with Gasteiger partial charge in [-0.15, -0.1) is 10.2 Å². The van der Waals surface area contributed by atoms with Gasteiger partial charge in [-0.1, -0.05) is 11.8 Å². The summed E-state index contributed by atoms with van der Waals surface area (Å²) in [6, 6.07) is 0. The Kier molecular flexibility index (Phi) is 4.18. The second-order valence-electron chi connectivity index (χ2n) is 2.48. The molecule has 7 nitrogen and oxygen atoms in total. The summed E-state index contributed by atoms with van der Waals surface area (Å²) in [6.07, 6.45) is 1.72. The highest BCUT2D eigenvalue weighted by Crippen LogP contribution is 2.11. The zero-order valence-corrected chi connectivity index (χ0v) is 9.70. The fourth-order valence-corrected chi connectivity index (χ4v) is 1.18. The molecule has 16 heavy (non-hydrogen) atoms. The standard InChI is InChI=1S/C8H9N3O4S/c1-14-6(12)4-5(7(13)15-2)10-11-8(9-4)16-3/h1-3H3. The third-order valence-corrected chi connectivity index (χ3v) is 2.15. The quantitative estimate of drug-likeness (QED) is 0.548. The molecular weight excluding hydrogens is 234 g/mol. The molecule has 0 amide bonds. The first-order valence-electron chi connectivity index (χ1n) is 4.09. The van der Waals surface area contributed by atoms with Gasteiger partial charge in [0.2, 0.25) is 10.9 Å². The van der Waals surface area contributed by atoms with Gasteiger partial charge in [0.25, 0.3) is 0 Å². The van der Waals surface area contributed by atoms with Crippen LogP contribution in [0.25, 0.3) is 0 Å². The Bertz CT molecular complexity index is 424. The van der Waals surface area contributed by atoms with Gasteiger partial charge in [-0.3, -0.25) is 0 Å². The summed E-state index contributed by atoms with van der Waals surface area (Å²) in [5.74, 6) is -1.54. The molecule has 0 unspecified atom stereocenters. The average Bonchev–Trinajstić information content (AvgIpc) is 2.36. The van der Waals surface area contributed by atoms with Gasteiger partial charge < -0.3 is 9.47 Å². The molecule has 0 N–H and O–H groups in total. The van der Waals surface area contributed by atoms with Crippen molar-refractivity contribution in [1.82, 2.24) is 15.2 Å². The molecule has 0 saturated heterocycles. The molecule has 0 radical (unpaired) electrons. The Labute approximate surface area is 95.6 Å². The molecule has 0 atom stereocenters. The number of hydrogen-bond acceptors (Lipinski definition) is 8. The summed E-state index contributed by atoms with van der Waals surface area (Å²) < 4.78 is 8.93. The van der Waals surface area contributed by atoms with Gasteiger partial charge in [-0.25, -0.2) is 14.6 Å². The van der Waals surface area contributed by atoms with E-state index in [2.05, 4.69) is 24.7 Å². The zero-order valence-electron chi connectivity index (χ0n) is 8.88. The summed E-state index contributed by atoms with van der Waals surface area (Å²) in [5, 5.41) is 7.49. The first-order chi connectivity index (χ1) is 7.63. The summed E-state index contributed by atoms with van der Waals surface area (Å²) in [7, 11) is 2.36. The van der Waals surface area contributed by atoms with E-state index in [1.54, 1.807) is 6.26 Å². The molecule has 1 rings (SSSR count). The molecule has 86 valence electrons. The predicted molar refractivity (Wildman–Crippen MR) is 54.3 cm³/mol. The summed E-state index contributed by atoms with van der Waals surface area (Å²) in [4.78, 5) is 26.5. The second-order valence-corrected chi connectivity index (χ2v) is 3.25. The minimum Gasteiger partial charge on any atom is -0.464 e. The topological polar surface area (TPSA) is 91.3 Å². The van der Waals surface area contributed by atoms with Crippen molar-refractivity contribution in [1.29, 1.82) is 0 Å². The smallest absolute Gasteiger partial charge is 0.361 e. The van der Waals surface area contributed by atoms with Gasteiger partial charge in [0.05, 0.1) is 14.2 Å². The van der Waals surface area contributed by atoms with Crippen molar-refractivity contribution in [3.8, 4) is 0 Å². The normalized spacial score (nSPS) is 9.69. The number of rotatable bonds is 3.